The molecule has 31 heavy (non-hydrogen) atoms. The summed E-state index contributed by atoms with van der Waals surface area (Å²) in [6, 6.07) is 16.4. The normalized spacial score (nSPS) is 16.4. The number of aromatic amines is 1. The zero-order valence-electron chi connectivity index (χ0n) is 17.7. The number of allylic oxidation sites excluding steroid dienone is 1. The minimum Gasteiger partial charge on any atom is -0.497 e. The number of ether oxygens (including phenoxy) is 1. The number of methoxy groups -OCH3 is 1. The molecule has 0 amide bonds. The summed E-state index contributed by atoms with van der Waals surface area (Å²) in [5.41, 5.74) is 8.57. The first-order valence-corrected chi connectivity index (χ1v) is 10.4. The standard InChI is InChI=1S/C24H28N6O/c1-18(26-13-5-12-25)29-14-16-30(17-15-29)23(19-8-10-20(31-2)11-9-19)24-27-21-6-3-4-7-22(21)28-24/h3-13,23H,1,14-17,25H2,2H3,(H,27,28)/b12-5-,26-13-. The molecule has 2 aromatic carbocycles. The monoisotopic (exact) mass is 416 g/mol. The molecule has 1 aromatic heterocycles. The molecule has 0 saturated carbocycles. The smallest absolute Gasteiger partial charge is 0.129 e. The highest BCUT2D eigenvalue weighted by atomic mass is 16.5. The van der Waals surface area contributed by atoms with E-state index in [9.17, 15) is 0 Å². The lowest BCUT2D eigenvalue weighted by Crippen LogP contribution is -2.47. The van der Waals surface area contributed by atoms with Gasteiger partial charge in [0.05, 0.1) is 24.2 Å². The molecule has 1 unspecified atom stereocenters. The number of hydrogen-bond donors (Lipinski definition) is 2. The molecule has 1 aliphatic heterocycles. The van der Waals surface area contributed by atoms with Gasteiger partial charge in [0.2, 0.25) is 0 Å². The van der Waals surface area contributed by atoms with Crippen molar-refractivity contribution in [3.05, 3.63) is 84.6 Å². The number of piperazine rings is 1. The van der Waals surface area contributed by atoms with Crippen LogP contribution in [0.4, 0.5) is 0 Å². The summed E-state index contributed by atoms with van der Waals surface area (Å²) in [6.07, 6.45) is 4.83. The third kappa shape index (κ3) is 4.62. The van der Waals surface area contributed by atoms with Crippen molar-refractivity contribution in [1.29, 1.82) is 0 Å². The van der Waals surface area contributed by atoms with Crippen molar-refractivity contribution in [2.24, 2.45) is 10.7 Å². The summed E-state index contributed by atoms with van der Waals surface area (Å²) in [5, 5.41) is 0. The predicted octanol–water partition coefficient (Wildman–Crippen LogP) is 3.29. The quantitative estimate of drug-likeness (QED) is 0.578. The van der Waals surface area contributed by atoms with Gasteiger partial charge in [-0.25, -0.2) is 9.98 Å². The second-order valence-corrected chi connectivity index (χ2v) is 7.42. The van der Waals surface area contributed by atoms with Crippen LogP contribution in [-0.4, -0.2) is 59.3 Å². The number of aliphatic imine (C=N–C) groups is 1. The Morgan fingerprint density at radius 1 is 1.16 bits per heavy atom. The van der Waals surface area contributed by atoms with E-state index in [1.54, 1.807) is 19.4 Å². The number of benzene rings is 2. The molecule has 1 fully saturated rings. The van der Waals surface area contributed by atoms with Crippen molar-refractivity contribution in [3.8, 4) is 5.75 Å². The van der Waals surface area contributed by atoms with Crippen molar-refractivity contribution < 1.29 is 4.74 Å². The maximum Gasteiger partial charge on any atom is 0.129 e. The van der Waals surface area contributed by atoms with Gasteiger partial charge in [0, 0.05) is 32.4 Å². The van der Waals surface area contributed by atoms with Gasteiger partial charge in [-0.2, -0.15) is 0 Å². The Balaban J connectivity index is 1.58. The largest absolute Gasteiger partial charge is 0.497 e. The van der Waals surface area contributed by atoms with Gasteiger partial charge >= 0.3 is 0 Å². The number of aromatic nitrogens is 2. The molecule has 7 heteroatoms. The van der Waals surface area contributed by atoms with Crippen molar-refractivity contribution in [2.45, 2.75) is 6.04 Å². The van der Waals surface area contributed by atoms with Gasteiger partial charge in [0.1, 0.15) is 17.4 Å². The van der Waals surface area contributed by atoms with Crippen molar-refractivity contribution >= 4 is 17.2 Å². The minimum absolute atomic E-state index is 0.0254. The summed E-state index contributed by atoms with van der Waals surface area (Å²) >= 11 is 0. The summed E-state index contributed by atoms with van der Waals surface area (Å²) in [6.45, 7) is 7.51. The van der Waals surface area contributed by atoms with E-state index in [0.29, 0.717) is 0 Å². The van der Waals surface area contributed by atoms with Gasteiger partial charge in [-0.15, -0.1) is 0 Å². The average Bonchev–Trinajstić information content (AvgIpc) is 3.24. The molecule has 0 spiro atoms. The number of imidazole rings is 1. The van der Waals surface area contributed by atoms with Crippen LogP contribution in [0.5, 0.6) is 5.75 Å². The Bertz CT molecular complexity index is 1040. The molecule has 3 aromatic rings. The highest BCUT2D eigenvalue weighted by Crippen LogP contribution is 2.31. The number of nitrogens with one attached hydrogen (secondary N) is 1. The zero-order chi connectivity index (χ0) is 21.6. The second-order valence-electron chi connectivity index (χ2n) is 7.42. The second kappa shape index (κ2) is 9.49. The number of para-hydroxylation sites is 2. The Labute approximate surface area is 182 Å². The van der Waals surface area contributed by atoms with E-state index in [1.165, 1.54) is 11.8 Å². The molecule has 1 atom stereocenters. The molecule has 4 rings (SSSR count). The zero-order valence-corrected chi connectivity index (χ0v) is 17.7. The number of fused-ring (bicyclic) bond motifs is 1. The molecule has 2 heterocycles. The van der Waals surface area contributed by atoms with Crippen molar-refractivity contribution in [3.63, 3.8) is 0 Å². The maximum atomic E-state index is 5.36. The van der Waals surface area contributed by atoms with Gasteiger partial charge in [-0.3, -0.25) is 4.90 Å². The average molecular weight is 417 g/mol. The van der Waals surface area contributed by atoms with E-state index < -0.39 is 0 Å². The lowest BCUT2D eigenvalue weighted by atomic mass is 10.0. The summed E-state index contributed by atoms with van der Waals surface area (Å²) < 4.78 is 5.35. The predicted molar refractivity (Wildman–Crippen MR) is 125 cm³/mol. The Kier molecular flexibility index (Phi) is 6.33. The van der Waals surface area contributed by atoms with Crippen LogP contribution in [0.25, 0.3) is 11.0 Å². The summed E-state index contributed by atoms with van der Waals surface area (Å²) in [5.74, 6) is 2.55. The number of H-pyrrole nitrogens is 1. The number of nitrogens with two attached hydrogens (primary N) is 1. The third-order valence-electron chi connectivity index (χ3n) is 5.56. The van der Waals surface area contributed by atoms with E-state index in [0.717, 1.165) is 54.6 Å². The third-order valence-corrected chi connectivity index (χ3v) is 5.56. The fraction of sp³-hybridized carbons (Fsp3) is 0.250. The first-order chi connectivity index (χ1) is 15.2. The molecule has 1 aliphatic rings. The number of rotatable bonds is 7. The van der Waals surface area contributed by atoms with E-state index in [2.05, 4.69) is 44.6 Å². The van der Waals surface area contributed by atoms with Gasteiger partial charge in [-0.1, -0.05) is 30.8 Å². The fourth-order valence-electron chi connectivity index (χ4n) is 3.93. The molecular weight excluding hydrogens is 388 g/mol. The van der Waals surface area contributed by atoms with Crippen LogP contribution in [0.2, 0.25) is 0 Å². The Hall–Kier alpha value is -3.58. The van der Waals surface area contributed by atoms with Gasteiger partial charge in [0.15, 0.2) is 0 Å². The maximum absolute atomic E-state index is 5.36. The van der Waals surface area contributed by atoms with E-state index in [4.69, 9.17) is 15.5 Å². The fourth-order valence-corrected chi connectivity index (χ4v) is 3.93. The van der Waals surface area contributed by atoms with Crippen LogP contribution < -0.4 is 10.5 Å². The van der Waals surface area contributed by atoms with E-state index in [-0.39, 0.29) is 6.04 Å². The molecule has 3 N–H and O–H groups in total. The van der Waals surface area contributed by atoms with Crippen LogP contribution in [0.3, 0.4) is 0 Å². The van der Waals surface area contributed by atoms with Gasteiger partial charge in [-0.05, 0) is 42.1 Å². The lowest BCUT2D eigenvalue weighted by molar-refractivity contribution is 0.128. The SMILES string of the molecule is C=C(/N=C\C=C/N)N1CCN(C(c2ccc(OC)cc2)c2nc3ccccc3[nH]2)CC1. The molecule has 0 radical (unpaired) electrons. The Morgan fingerprint density at radius 2 is 1.90 bits per heavy atom. The van der Waals surface area contributed by atoms with Crippen molar-refractivity contribution in [1.82, 2.24) is 19.8 Å². The molecule has 7 nitrogen and oxygen atoms in total. The molecule has 160 valence electrons. The van der Waals surface area contributed by atoms with Crippen LogP contribution >= 0.6 is 0 Å². The Morgan fingerprint density at radius 3 is 2.58 bits per heavy atom. The van der Waals surface area contributed by atoms with Gasteiger partial charge in [0.25, 0.3) is 0 Å². The number of hydrogen-bond acceptors (Lipinski definition) is 6. The highest BCUT2D eigenvalue weighted by molar-refractivity contribution is 5.75. The van der Waals surface area contributed by atoms with Crippen molar-refractivity contribution in [2.75, 3.05) is 33.3 Å². The van der Waals surface area contributed by atoms with E-state index >= 15 is 0 Å². The van der Waals surface area contributed by atoms with Crippen LogP contribution in [0.15, 0.2) is 78.2 Å². The minimum atomic E-state index is 0.0254. The molecule has 0 aliphatic carbocycles. The number of nitrogens with zero attached hydrogens (tertiary/aromatic N) is 4. The lowest BCUT2D eigenvalue weighted by Gasteiger charge is -2.39. The molecule has 0 bridgehead atoms. The summed E-state index contributed by atoms with van der Waals surface area (Å²) in [4.78, 5) is 17.4. The molecule has 1 saturated heterocycles. The first-order valence-electron chi connectivity index (χ1n) is 10.4. The first kappa shape index (κ1) is 20.7. The van der Waals surface area contributed by atoms with E-state index in [1.807, 2.05) is 30.3 Å². The summed E-state index contributed by atoms with van der Waals surface area (Å²) in [7, 11) is 1.68. The topological polar surface area (TPSA) is 82.8 Å². The van der Waals surface area contributed by atoms with Crippen LogP contribution in [0, 0.1) is 0 Å². The highest BCUT2D eigenvalue weighted by Gasteiger charge is 2.29. The van der Waals surface area contributed by atoms with Gasteiger partial charge < -0.3 is 20.4 Å². The van der Waals surface area contributed by atoms with Crippen LogP contribution in [-0.2, 0) is 0 Å². The molecular formula is C24H28N6O. The van der Waals surface area contributed by atoms with Crippen LogP contribution in [0.1, 0.15) is 17.4 Å².